The predicted octanol–water partition coefficient (Wildman–Crippen LogP) is 4.79. The smallest absolute Gasteiger partial charge is 0.291 e. The van der Waals surface area contributed by atoms with E-state index in [1.54, 1.807) is 13.2 Å². The number of aromatic nitrogens is 5. The van der Waals surface area contributed by atoms with Gasteiger partial charge in [0.05, 0.1) is 17.3 Å². The van der Waals surface area contributed by atoms with Crippen molar-refractivity contribution >= 4 is 22.4 Å². The van der Waals surface area contributed by atoms with Crippen LogP contribution in [0.25, 0.3) is 39.4 Å². The Balaban J connectivity index is 1.40. The molecule has 0 aliphatic rings. The van der Waals surface area contributed by atoms with Crippen LogP contribution in [0.4, 0.5) is 0 Å². The molecule has 0 bridgehead atoms. The third kappa shape index (κ3) is 4.83. The standard InChI is InChI=1S/C30H23N5O3S/c1-3-17-38-25-15-11-21(12-16-25)28-31-30-35(33-28)29(36)26(39-30)18-22-19-34(23-7-5-4-6-8-23)32-27(22)20-9-13-24(37-2)14-10-20/h3-16,18-19H,1,17H2,2H3/b26-18-. The Hall–Kier alpha value is -5.02. The van der Waals surface area contributed by atoms with E-state index in [0.717, 1.165) is 39.6 Å². The summed E-state index contributed by atoms with van der Waals surface area (Å²) < 4.78 is 14.5. The molecule has 0 atom stereocenters. The molecular formula is C30H23N5O3S. The molecule has 39 heavy (non-hydrogen) atoms. The number of hydrogen-bond acceptors (Lipinski definition) is 7. The second-order valence-electron chi connectivity index (χ2n) is 8.61. The zero-order chi connectivity index (χ0) is 26.8. The highest BCUT2D eigenvalue weighted by Crippen LogP contribution is 2.27. The fourth-order valence-electron chi connectivity index (χ4n) is 4.13. The fraction of sp³-hybridized carbons (Fsp3) is 0.0667. The van der Waals surface area contributed by atoms with Gasteiger partial charge >= 0.3 is 0 Å². The number of hydrogen-bond donors (Lipinski definition) is 0. The van der Waals surface area contributed by atoms with Crippen LogP contribution in [-0.4, -0.2) is 38.1 Å². The minimum Gasteiger partial charge on any atom is -0.497 e. The number of ether oxygens (including phenoxy) is 2. The lowest BCUT2D eigenvalue weighted by molar-refractivity contribution is 0.363. The van der Waals surface area contributed by atoms with Crippen molar-refractivity contribution in [2.24, 2.45) is 0 Å². The van der Waals surface area contributed by atoms with Crippen LogP contribution in [0, 0.1) is 0 Å². The maximum absolute atomic E-state index is 13.3. The topological polar surface area (TPSA) is 83.5 Å². The van der Waals surface area contributed by atoms with E-state index in [-0.39, 0.29) is 5.56 Å². The Bertz CT molecular complexity index is 1870. The summed E-state index contributed by atoms with van der Waals surface area (Å²) in [5.74, 6) is 1.97. The van der Waals surface area contributed by atoms with Crippen LogP contribution in [-0.2, 0) is 0 Å². The van der Waals surface area contributed by atoms with Gasteiger partial charge < -0.3 is 9.47 Å². The molecule has 0 fully saturated rings. The summed E-state index contributed by atoms with van der Waals surface area (Å²) in [5, 5.41) is 9.33. The molecule has 6 rings (SSSR count). The molecule has 0 N–H and O–H groups in total. The highest BCUT2D eigenvalue weighted by atomic mass is 32.1. The molecule has 0 saturated heterocycles. The molecule has 0 spiro atoms. The molecule has 3 aromatic carbocycles. The van der Waals surface area contributed by atoms with Crippen LogP contribution in [0.15, 0.2) is 103 Å². The summed E-state index contributed by atoms with van der Waals surface area (Å²) in [4.78, 5) is 18.5. The van der Waals surface area contributed by atoms with Gasteiger partial charge in [-0.3, -0.25) is 4.79 Å². The molecule has 192 valence electrons. The van der Waals surface area contributed by atoms with Gasteiger partial charge in [0.15, 0.2) is 5.82 Å². The van der Waals surface area contributed by atoms with E-state index in [1.165, 1.54) is 15.9 Å². The molecular weight excluding hydrogens is 510 g/mol. The van der Waals surface area contributed by atoms with E-state index < -0.39 is 0 Å². The Labute approximate surface area is 227 Å². The Morgan fingerprint density at radius 1 is 0.923 bits per heavy atom. The highest BCUT2D eigenvalue weighted by Gasteiger charge is 2.15. The van der Waals surface area contributed by atoms with Gasteiger partial charge in [-0.05, 0) is 66.7 Å². The molecule has 0 radical (unpaired) electrons. The molecule has 8 nitrogen and oxygen atoms in total. The quantitative estimate of drug-likeness (QED) is 0.262. The van der Waals surface area contributed by atoms with Crippen molar-refractivity contribution < 1.29 is 9.47 Å². The van der Waals surface area contributed by atoms with Gasteiger partial charge in [-0.1, -0.05) is 42.2 Å². The lowest BCUT2D eigenvalue weighted by atomic mass is 10.1. The zero-order valence-electron chi connectivity index (χ0n) is 21.0. The van der Waals surface area contributed by atoms with E-state index in [9.17, 15) is 4.79 Å². The zero-order valence-corrected chi connectivity index (χ0v) is 21.8. The summed E-state index contributed by atoms with van der Waals surface area (Å²) >= 11 is 1.29. The first-order valence-corrected chi connectivity index (χ1v) is 13.0. The minimum atomic E-state index is -0.229. The van der Waals surface area contributed by atoms with Crippen molar-refractivity contribution in [2.75, 3.05) is 13.7 Å². The van der Waals surface area contributed by atoms with Crippen LogP contribution in [0.1, 0.15) is 5.56 Å². The summed E-state index contributed by atoms with van der Waals surface area (Å²) in [5.41, 5.74) is 3.95. The van der Waals surface area contributed by atoms with E-state index in [0.29, 0.717) is 21.9 Å². The first-order valence-electron chi connectivity index (χ1n) is 12.2. The van der Waals surface area contributed by atoms with Gasteiger partial charge in [0.2, 0.25) is 4.96 Å². The molecule has 0 aliphatic heterocycles. The van der Waals surface area contributed by atoms with Gasteiger partial charge in [0, 0.05) is 22.9 Å². The van der Waals surface area contributed by atoms with Crippen molar-refractivity contribution in [3.63, 3.8) is 0 Å². The molecule has 9 heteroatoms. The van der Waals surface area contributed by atoms with E-state index >= 15 is 0 Å². The van der Waals surface area contributed by atoms with E-state index in [2.05, 4.69) is 16.7 Å². The Morgan fingerprint density at radius 3 is 2.33 bits per heavy atom. The van der Waals surface area contributed by atoms with E-state index in [1.807, 2.05) is 95.8 Å². The number of methoxy groups -OCH3 is 1. The molecule has 0 unspecified atom stereocenters. The largest absolute Gasteiger partial charge is 0.497 e. The molecule has 0 amide bonds. The van der Waals surface area contributed by atoms with Gasteiger partial charge in [0.1, 0.15) is 23.8 Å². The number of nitrogens with zero attached hydrogens (tertiary/aromatic N) is 5. The summed E-state index contributed by atoms with van der Waals surface area (Å²) in [6.45, 7) is 4.09. The van der Waals surface area contributed by atoms with Crippen LogP contribution in [0.2, 0.25) is 0 Å². The molecule has 6 aromatic rings. The number of para-hydroxylation sites is 1. The normalized spacial score (nSPS) is 11.7. The third-order valence-electron chi connectivity index (χ3n) is 6.08. The van der Waals surface area contributed by atoms with Crippen LogP contribution >= 0.6 is 11.3 Å². The highest BCUT2D eigenvalue weighted by molar-refractivity contribution is 7.15. The van der Waals surface area contributed by atoms with Crippen molar-refractivity contribution in [3.05, 3.63) is 118 Å². The second-order valence-corrected chi connectivity index (χ2v) is 9.62. The average molecular weight is 534 g/mol. The predicted molar refractivity (Wildman–Crippen MR) is 153 cm³/mol. The lowest BCUT2D eigenvalue weighted by Crippen LogP contribution is -2.23. The number of thiazole rings is 1. The molecule has 0 saturated carbocycles. The summed E-state index contributed by atoms with van der Waals surface area (Å²) in [7, 11) is 1.63. The summed E-state index contributed by atoms with van der Waals surface area (Å²) in [6, 6.07) is 25.0. The first-order chi connectivity index (χ1) is 19.1. The fourth-order valence-corrected chi connectivity index (χ4v) is 5.03. The average Bonchev–Trinajstić information content (AvgIpc) is 3.68. The van der Waals surface area contributed by atoms with Gasteiger partial charge in [-0.15, -0.1) is 5.10 Å². The van der Waals surface area contributed by atoms with Gasteiger partial charge in [-0.2, -0.15) is 14.6 Å². The van der Waals surface area contributed by atoms with Crippen molar-refractivity contribution in [1.82, 2.24) is 24.4 Å². The molecule has 0 aliphatic carbocycles. The van der Waals surface area contributed by atoms with E-state index in [4.69, 9.17) is 14.6 Å². The number of fused-ring (bicyclic) bond motifs is 1. The number of rotatable bonds is 8. The van der Waals surface area contributed by atoms with Crippen molar-refractivity contribution in [3.8, 4) is 39.8 Å². The third-order valence-corrected chi connectivity index (χ3v) is 7.03. The Kier molecular flexibility index (Phi) is 6.48. The lowest BCUT2D eigenvalue weighted by Gasteiger charge is -2.02. The first kappa shape index (κ1) is 24.3. The second kappa shape index (κ2) is 10.4. The van der Waals surface area contributed by atoms with Crippen LogP contribution < -0.4 is 19.6 Å². The maximum atomic E-state index is 13.3. The molecule has 3 heterocycles. The van der Waals surface area contributed by atoms with Crippen molar-refractivity contribution in [1.29, 1.82) is 0 Å². The summed E-state index contributed by atoms with van der Waals surface area (Å²) in [6.07, 6.45) is 5.46. The monoisotopic (exact) mass is 533 g/mol. The van der Waals surface area contributed by atoms with Crippen LogP contribution in [0.3, 0.4) is 0 Å². The van der Waals surface area contributed by atoms with Crippen molar-refractivity contribution in [2.45, 2.75) is 0 Å². The van der Waals surface area contributed by atoms with Gasteiger partial charge in [-0.25, -0.2) is 4.68 Å². The maximum Gasteiger partial charge on any atom is 0.291 e. The van der Waals surface area contributed by atoms with Gasteiger partial charge in [0.25, 0.3) is 5.56 Å². The number of benzene rings is 3. The minimum absolute atomic E-state index is 0.229. The Morgan fingerprint density at radius 2 is 1.64 bits per heavy atom. The SMILES string of the molecule is C=CCOc1ccc(-c2nc3s/c(=C\c4cn(-c5ccccc5)nc4-c4ccc(OC)cc4)c(=O)n3n2)cc1. The van der Waals surface area contributed by atoms with Crippen LogP contribution in [0.5, 0.6) is 11.5 Å². The molecule has 3 aromatic heterocycles.